The average Bonchev–Trinajstić information content (AvgIpc) is 2.25. The van der Waals surface area contributed by atoms with E-state index in [2.05, 4.69) is 5.32 Å². The zero-order chi connectivity index (χ0) is 11.4. The van der Waals surface area contributed by atoms with E-state index < -0.39 is 0 Å². The van der Waals surface area contributed by atoms with Gasteiger partial charge < -0.3 is 14.8 Å². The first-order chi connectivity index (χ1) is 7.83. The van der Waals surface area contributed by atoms with Gasteiger partial charge in [-0.3, -0.25) is 0 Å². The quantitative estimate of drug-likeness (QED) is 0.827. The van der Waals surface area contributed by atoms with Crippen molar-refractivity contribution in [2.45, 2.75) is 31.9 Å². The second kappa shape index (κ2) is 5.21. The third-order valence-electron chi connectivity index (χ3n) is 2.95. The lowest BCUT2D eigenvalue weighted by atomic mass is 9.89. The molecule has 1 saturated carbocycles. The van der Waals surface area contributed by atoms with Crippen molar-refractivity contribution in [2.24, 2.45) is 0 Å². The summed E-state index contributed by atoms with van der Waals surface area (Å²) in [5, 5.41) is 3.25. The van der Waals surface area contributed by atoms with Crippen LogP contribution < -0.4 is 14.8 Å². The number of nitrogens with one attached hydrogen (secondary N) is 1. The fraction of sp³-hybridized carbons (Fsp3) is 0.538. The second-order valence-electron chi connectivity index (χ2n) is 4.08. The molecule has 2 rings (SSSR count). The first-order valence-corrected chi connectivity index (χ1v) is 5.89. The molecular formula is C13H19NO2. The Hall–Kier alpha value is -1.22. The third kappa shape index (κ3) is 2.47. The molecule has 1 aliphatic carbocycles. The van der Waals surface area contributed by atoms with Crippen LogP contribution in [-0.4, -0.2) is 25.8 Å². The van der Waals surface area contributed by atoms with Crippen LogP contribution in [0.4, 0.5) is 0 Å². The fourth-order valence-corrected chi connectivity index (χ4v) is 1.90. The van der Waals surface area contributed by atoms with Crippen LogP contribution in [0.25, 0.3) is 0 Å². The highest BCUT2D eigenvalue weighted by Gasteiger charge is 2.29. The first-order valence-electron chi connectivity index (χ1n) is 5.89. The van der Waals surface area contributed by atoms with Crippen LogP contribution in [0, 0.1) is 0 Å². The van der Waals surface area contributed by atoms with Crippen molar-refractivity contribution in [3.8, 4) is 11.5 Å². The van der Waals surface area contributed by atoms with Crippen molar-refractivity contribution in [3.63, 3.8) is 0 Å². The van der Waals surface area contributed by atoms with Gasteiger partial charge in [0.1, 0.15) is 6.10 Å². The molecule has 3 heteroatoms. The largest absolute Gasteiger partial charge is 0.490 e. The molecular weight excluding hydrogens is 202 g/mol. The van der Waals surface area contributed by atoms with E-state index in [1.807, 2.05) is 38.2 Å². The van der Waals surface area contributed by atoms with E-state index in [1.54, 1.807) is 0 Å². The molecule has 1 aliphatic rings. The summed E-state index contributed by atoms with van der Waals surface area (Å²) in [5.74, 6) is 1.71. The van der Waals surface area contributed by atoms with Gasteiger partial charge in [-0.05, 0) is 38.9 Å². The van der Waals surface area contributed by atoms with Crippen LogP contribution >= 0.6 is 0 Å². The summed E-state index contributed by atoms with van der Waals surface area (Å²) in [7, 11) is 2.00. The van der Waals surface area contributed by atoms with Gasteiger partial charge in [-0.2, -0.15) is 0 Å². The van der Waals surface area contributed by atoms with E-state index in [4.69, 9.17) is 9.47 Å². The fourth-order valence-electron chi connectivity index (χ4n) is 1.90. The molecule has 0 amide bonds. The molecule has 0 radical (unpaired) electrons. The van der Waals surface area contributed by atoms with Gasteiger partial charge in [-0.15, -0.1) is 0 Å². The SMILES string of the molecule is CCOc1ccccc1OC1CC(NC)C1. The normalized spacial score (nSPS) is 23.6. The predicted octanol–water partition coefficient (Wildman–Crippen LogP) is 2.21. The van der Waals surface area contributed by atoms with Gasteiger partial charge in [0.15, 0.2) is 11.5 Å². The number of ether oxygens (including phenoxy) is 2. The number of hydrogen-bond donors (Lipinski definition) is 1. The molecule has 3 nitrogen and oxygen atoms in total. The Morgan fingerprint density at radius 3 is 2.56 bits per heavy atom. The zero-order valence-electron chi connectivity index (χ0n) is 9.90. The maximum absolute atomic E-state index is 5.90. The summed E-state index contributed by atoms with van der Waals surface area (Å²) in [4.78, 5) is 0. The number of hydrogen-bond acceptors (Lipinski definition) is 3. The summed E-state index contributed by atoms with van der Waals surface area (Å²) in [6.07, 6.45) is 2.49. The Kier molecular flexibility index (Phi) is 3.67. The van der Waals surface area contributed by atoms with Gasteiger partial charge in [0.25, 0.3) is 0 Å². The van der Waals surface area contributed by atoms with Crippen molar-refractivity contribution >= 4 is 0 Å². The van der Waals surface area contributed by atoms with Gasteiger partial charge in [0, 0.05) is 6.04 Å². The Balaban J connectivity index is 1.93. The molecule has 0 aliphatic heterocycles. The number of rotatable bonds is 5. The molecule has 0 spiro atoms. The van der Waals surface area contributed by atoms with Gasteiger partial charge in [-0.25, -0.2) is 0 Å². The van der Waals surface area contributed by atoms with Crippen molar-refractivity contribution in [3.05, 3.63) is 24.3 Å². The zero-order valence-corrected chi connectivity index (χ0v) is 9.90. The van der Waals surface area contributed by atoms with Crippen molar-refractivity contribution in [2.75, 3.05) is 13.7 Å². The van der Waals surface area contributed by atoms with Gasteiger partial charge in [-0.1, -0.05) is 12.1 Å². The average molecular weight is 221 g/mol. The van der Waals surface area contributed by atoms with Crippen molar-refractivity contribution in [1.29, 1.82) is 0 Å². The minimum Gasteiger partial charge on any atom is -0.490 e. The van der Waals surface area contributed by atoms with Crippen LogP contribution in [-0.2, 0) is 0 Å². The lowest BCUT2D eigenvalue weighted by molar-refractivity contribution is 0.0846. The molecule has 1 N–H and O–H groups in total. The van der Waals surface area contributed by atoms with Gasteiger partial charge in [0.05, 0.1) is 6.61 Å². The van der Waals surface area contributed by atoms with Crippen molar-refractivity contribution < 1.29 is 9.47 Å². The minimum atomic E-state index is 0.332. The summed E-state index contributed by atoms with van der Waals surface area (Å²) >= 11 is 0. The molecule has 0 unspecified atom stereocenters. The van der Waals surface area contributed by atoms with Crippen LogP contribution in [0.15, 0.2) is 24.3 Å². The number of para-hydroxylation sites is 2. The maximum Gasteiger partial charge on any atom is 0.161 e. The molecule has 1 fully saturated rings. The van der Waals surface area contributed by atoms with E-state index >= 15 is 0 Å². The Bertz CT molecular complexity index is 334. The molecule has 0 atom stereocenters. The van der Waals surface area contributed by atoms with Crippen molar-refractivity contribution in [1.82, 2.24) is 5.32 Å². The highest BCUT2D eigenvalue weighted by molar-refractivity contribution is 5.39. The van der Waals surface area contributed by atoms with E-state index in [-0.39, 0.29) is 0 Å². The minimum absolute atomic E-state index is 0.332. The highest BCUT2D eigenvalue weighted by atomic mass is 16.5. The maximum atomic E-state index is 5.90. The van der Waals surface area contributed by atoms with Gasteiger partial charge >= 0.3 is 0 Å². The standard InChI is InChI=1S/C13H19NO2/c1-3-15-12-6-4-5-7-13(12)16-11-8-10(9-11)14-2/h4-7,10-11,14H,3,8-9H2,1-2H3. The van der Waals surface area contributed by atoms with E-state index in [9.17, 15) is 0 Å². The summed E-state index contributed by atoms with van der Waals surface area (Å²) < 4.78 is 11.4. The molecule has 0 heterocycles. The lowest BCUT2D eigenvalue weighted by Gasteiger charge is -2.35. The van der Waals surface area contributed by atoms with E-state index in [1.165, 1.54) is 0 Å². The predicted molar refractivity (Wildman–Crippen MR) is 64.1 cm³/mol. The van der Waals surface area contributed by atoms with Crippen LogP contribution in [0.1, 0.15) is 19.8 Å². The summed E-state index contributed by atoms with van der Waals surface area (Å²) in [5.41, 5.74) is 0. The highest BCUT2D eigenvalue weighted by Crippen LogP contribution is 2.32. The van der Waals surface area contributed by atoms with Crippen LogP contribution in [0.5, 0.6) is 11.5 Å². The van der Waals surface area contributed by atoms with Gasteiger partial charge in [0.2, 0.25) is 0 Å². The molecule has 0 bridgehead atoms. The third-order valence-corrected chi connectivity index (χ3v) is 2.95. The molecule has 16 heavy (non-hydrogen) atoms. The molecule has 1 aromatic carbocycles. The Morgan fingerprint density at radius 2 is 1.94 bits per heavy atom. The first kappa shape index (κ1) is 11.3. The Morgan fingerprint density at radius 1 is 1.25 bits per heavy atom. The van der Waals surface area contributed by atoms with E-state index in [0.717, 1.165) is 24.3 Å². The van der Waals surface area contributed by atoms with Crippen LogP contribution in [0.2, 0.25) is 0 Å². The molecule has 0 aromatic heterocycles. The summed E-state index contributed by atoms with van der Waals surface area (Å²) in [6, 6.07) is 8.48. The smallest absolute Gasteiger partial charge is 0.161 e. The molecule has 1 aromatic rings. The van der Waals surface area contributed by atoms with Crippen LogP contribution in [0.3, 0.4) is 0 Å². The molecule has 88 valence electrons. The second-order valence-corrected chi connectivity index (χ2v) is 4.08. The topological polar surface area (TPSA) is 30.5 Å². The van der Waals surface area contributed by atoms with E-state index in [0.29, 0.717) is 18.8 Å². The monoisotopic (exact) mass is 221 g/mol. The number of benzene rings is 1. The lowest BCUT2D eigenvalue weighted by Crippen LogP contribution is -2.45. The summed E-state index contributed by atoms with van der Waals surface area (Å²) in [6.45, 7) is 2.65. The molecule has 0 saturated heterocycles. The Labute approximate surface area is 96.8 Å².